The molecule has 0 aliphatic carbocycles. The van der Waals surface area contributed by atoms with Gasteiger partial charge in [-0.05, 0) is 28.8 Å². The quantitative estimate of drug-likeness (QED) is 0.725. The first-order chi connectivity index (χ1) is 6.90. The number of hydrogen-bond acceptors (Lipinski definition) is 1. The van der Waals surface area contributed by atoms with Crippen LogP contribution in [0.5, 0.6) is 0 Å². The maximum atomic E-state index is 5.77. The number of aromatic nitrogens is 1. The highest BCUT2D eigenvalue weighted by Crippen LogP contribution is 2.19. The maximum absolute atomic E-state index is 5.77. The Labute approximate surface area is 101 Å². The minimum absolute atomic E-state index is 0. The third kappa shape index (κ3) is 2.95. The van der Waals surface area contributed by atoms with E-state index in [0.717, 1.165) is 16.7 Å². The lowest BCUT2D eigenvalue weighted by atomic mass is 10.1. The van der Waals surface area contributed by atoms with E-state index < -0.39 is 0 Å². The molecule has 2 rings (SSSR count). The smallest absolute Gasteiger partial charge is 0.0474 e. The third-order valence-electron chi connectivity index (χ3n) is 2.08. The molecule has 0 N–H and O–H groups in total. The molecule has 3 heteroatoms. The standard InChI is InChI=1S/C12H10ClN.ClH/c13-8-10-3-1-4-11(7-10)12-5-2-6-14-9-12;/h1-7,9H,8H2;1H. The zero-order chi connectivity index (χ0) is 9.80. The highest BCUT2D eigenvalue weighted by Gasteiger charge is 1.97. The Morgan fingerprint density at radius 2 is 1.87 bits per heavy atom. The molecule has 0 saturated carbocycles. The third-order valence-corrected chi connectivity index (χ3v) is 2.38. The summed E-state index contributed by atoms with van der Waals surface area (Å²) in [5.41, 5.74) is 3.42. The van der Waals surface area contributed by atoms with E-state index in [9.17, 15) is 0 Å². The Kier molecular flexibility index (Phi) is 4.60. The van der Waals surface area contributed by atoms with Crippen molar-refractivity contribution in [1.82, 2.24) is 4.98 Å². The predicted octanol–water partition coefficient (Wildman–Crippen LogP) is 3.91. The molecular formula is C12H11Cl2N. The van der Waals surface area contributed by atoms with Gasteiger partial charge in [-0.2, -0.15) is 0 Å². The number of rotatable bonds is 2. The molecule has 0 amide bonds. The van der Waals surface area contributed by atoms with E-state index in [4.69, 9.17) is 11.6 Å². The fourth-order valence-corrected chi connectivity index (χ4v) is 1.53. The van der Waals surface area contributed by atoms with Crippen LogP contribution >= 0.6 is 24.0 Å². The Morgan fingerprint density at radius 1 is 1.07 bits per heavy atom. The molecule has 0 fully saturated rings. The second-order valence-corrected chi connectivity index (χ2v) is 3.34. The summed E-state index contributed by atoms with van der Waals surface area (Å²) in [6.45, 7) is 0. The summed E-state index contributed by atoms with van der Waals surface area (Å²) in [6.07, 6.45) is 3.63. The summed E-state index contributed by atoms with van der Waals surface area (Å²) in [6, 6.07) is 12.2. The van der Waals surface area contributed by atoms with Gasteiger partial charge in [0, 0.05) is 18.3 Å². The monoisotopic (exact) mass is 239 g/mol. The lowest BCUT2D eigenvalue weighted by Crippen LogP contribution is -1.82. The van der Waals surface area contributed by atoms with Crippen LogP contribution in [-0.4, -0.2) is 4.98 Å². The van der Waals surface area contributed by atoms with Gasteiger partial charge < -0.3 is 0 Å². The van der Waals surface area contributed by atoms with Crippen molar-refractivity contribution < 1.29 is 0 Å². The summed E-state index contributed by atoms with van der Waals surface area (Å²) in [5.74, 6) is 0.550. The van der Waals surface area contributed by atoms with E-state index in [-0.39, 0.29) is 12.4 Å². The Morgan fingerprint density at radius 3 is 2.53 bits per heavy atom. The molecule has 15 heavy (non-hydrogen) atoms. The number of alkyl halides is 1. The summed E-state index contributed by atoms with van der Waals surface area (Å²) in [7, 11) is 0. The van der Waals surface area contributed by atoms with Crippen molar-refractivity contribution >= 4 is 24.0 Å². The highest BCUT2D eigenvalue weighted by atomic mass is 35.5. The molecule has 0 aliphatic rings. The number of halogens is 2. The molecule has 0 saturated heterocycles. The molecule has 0 atom stereocenters. The van der Waals surface area contributed by atoms with Crippen molar-refractivity contribution in [2.75, 3.05) is 0 Å². The molecule has 0 aliphatic heterocycles. The highest BCUT2D eigenvalue weighted by molar-refractivity contribution is 6.17. The molecule has 0 spiro atoms. The minimum Gasteiger partial charge on any atom is -0.264 e. The molecule has 1 aromatic heterocycles. The summed E-state index contributed by atoms with van der Waals surface area (Å²) >= 11 is 5.77. The van der Waals surface area contributed by atoms with Crippen LogP contribution in [0.25, 0.3) is 11.1 Å². The van der Waals surface area contributed by atoms with Crippen LogP contribution in [0.2, 0.25) is 0 Å². The molecule has 2 aromatic rings. The van der Waals surface area contributed by atoms with Crippen molar-refractivity contribution in [3.05, 3.63) is 54.4 Å². The van der Waals surface area contributed by atoms with Gasteiger partial charge in [-0.1, -0.05) is 24.3 Å². The molecule has 0 bridgehead atoms. The van der Waals surface area contributed by atoms with E-state index in [0.29, 0.717) is 5.88 Å². The zero-order valence-electron chi connectivity index (χ0n) is 8.06. The second kappa shape index (κ2) is 5.74. The van der Waals surface area contributed by atoms with Gasteiger partial charge >= 0.3 is 0 Å². The SMILES string of the molecule is Cl.ClCc1cccc(-c2cccnc2)c1. The number of nitrogens with zero attached hydrogens (tertiary/aromatic N) is 1. The Balaban J connectivity index is 0.00000112. The first kappa shape index (κ1) is 12.0. The minimum atomic E-state index is 0. The van der Waals surface area contributed by atoms with Crippen LogP contribution in [-0.2, 0) is 5.88 Å². The van der Waals surface area contributed by atoms with Gasteiger partial charge in [0.15, 0.2) is 0 Å². The topological polar surface area (TPSA) is 12.9 Å². The van der Waals surface area contributed by atoms with Gasteiger partial charge in [0.25, 0.3) is 0 Å². The summed E-state index contributed by atoms with van der Waals surface area (Å²) in [4.78, 5) is 4.08. The van der Waals surface area contributed by atoms with Gasteiger partial charge in [0.1, 0.15) is 0 Å². The lowest BCUT2D eigenvalue weighted by Gasteiger charge is -2.02. The van der Waals surface area contributed by atoms with Crippen LogP contribution < -0.4 is 0 Å². The first-order valence-corrected chi connectivity index (χ1v) is 4.99. The maximum Gasteiger partial charge on any atom is 0.0474 e. The molecular weight excluding hydrogens is 229 g/mol. The van der Waals surface area contributed by atoms with Crippen molar-refractivity contribution in [3.63, 3.8) is 0 Å². The zero-order valence-corrected chi connectivity index (χ0v) is 9.63. The largest absolute Gasteiger partial charge is 0.264 e. The Hall–Kier alpha value is -1.05. The van der Waals surface area contributed by atoms with Gasteiger partial charge in [-0.3, -0.25) is 4.98 Å². The molecule has 1 aromatic carbocycles. The summed E-state index contributed by atoms with van der Waals surface area (Å²) < 4.78 is 0. The van der Waals surface area contributed by atoms with Crippen LogP contribution in [0, 0.1) is 0 Å². The van der Waals surface area contributed by atoms with Crippen LogP contribution in [0.3, 0.4) is 0 Å². The molecule has 0 unspecified atom stereocenters. The van der Waals surface area contributed by atoms with Gasteiger partial charge in [0.05, 0.1) is 0 Å². The van der Waals surface area contributed by atoms with E-state index >= 15 is 0 Å². The lowest BCUT2D eigenvalue weighted by molar-refractivity contribution is 1.32. The molecule has 78 valence electrons. The van der Waals surface area contributed by atoms with E-state index in [1.165, 1.54) is 0 Å². The average molecular weight is 240 g/mol. The first-order valence-electron chi connectivity index (χ1n) is 4.45. The van der Waals surface area contributed by atoms with Gasteiger partial charge in [-0.15, -0.1) is 24.0 Å². The summed E-state index contributed by atoms with van der Waals surface area (Å²) in [5, 5.41) is 0. The Bertz CT molecular complexity index is 415. The van der Waals surface area contributed by atoms with Gasteiger partial charge in [-0.25, -0.2) is 0 Å². The van der Waals surface area contributed by atoms with Crippen LogP contribution in [0.1, 0.15) is 5.56 Å². The van der Waals surface area contributed by atoms with Crippen LogP contribution in [0.15, 0.2) is 48.8 Å². The molecule has 0 radical (unpaired) electrons. The predicted molar refractivity (Wildman–Crippen MR) is 66.5 cm³/mol. The van der Waals surface area contributed by atoms with E-state index in [2.05, 4.69) is 17.1 Å². The van der Waals surface area contributed by atoms with Crippen molar-refractivity contribution in [2.45, 2.75) is 5.88 Å². The second-order valence-electron chi connectivity index (χ2n) is 3.08. The average Bonchev–Trinajstić information content (AvgIpc) is 2.30. The van der Waals surface area contributed by atoms with E-state index in [1.54, 1.807) is 6.20 Å². The fourth-order valence-electron chi connectivity index (χ4n) is 1.37. The number of benzene rings is 1. The molecule has 1 nitrogen and oxygen atoms in total. The van der Waals surface area contributed by atoms with Crippen molar-refractivity contribution in [3.8, 4) is 11.1 Å². The van der Waals surface area contributed by atoms with Crippen molar-refractivity contribution in [1.29, 1.82) is 0 Å². The fraction of sp³-hybridized carbons (Fsp3) is 0.0833. The van der Waals surface area contributed by atoms with E-state index in [1.807, 2.05) is 30.5 Å². The number of pyridine rings is 1. The number of hydrogen-bond donors (Lipinski definition) is 0. The normalized spacial score (nSPS) is 9.40. The van der Waals surface area contributed by atoms with Crippen LogP contribution in [0.4, 0.5) is 0 Å². The van der Waals surface area contributed by atoms with Gasteiger partial charge in [0.2, 0.25) is 0 Å². The van der Waals surface area contributed by atoms with Crippen molar-refractivity contribution in [2.24, 2.45) is 0 Å². The molecule has 1 heterocycles.